The molecule has 21 heavy (non-hydrogen) atoms. The fourth-order valence-corrected chi connectivity index (χ4v) is 2.88. The van der Waals surface area contributed by atoms with E-state index >= 15 is 0 Å². The van der Waals surface area contributed by atoms with Gasteiger partial charge in [0.2, 0.25) is 0 Å². The lowest BCUT2D eigenvalue weighted by atomic mass is 10.2. The largest absolute Gasteiger partial charge is 0.492 e. The summed E-state index contributed by atoms with van der Waals surface area (Å²) in [6.45, 7) is 2.41. The normalized spacial score (nSPS) is 14.8. The van der Waals surface area contributed by atoms with Crippen molar-refractivity contribution in [1.82, 2.24) is 10.6 Å². The van der Waals surface area contributed by atoms with E-state index in [1.807, 2.05) is 6.92 Å². The quantitative estimate of drug-likeness (QED) is 0.834. The van der Waals surface area contributed by atoms with E-state index in [4.69, 9.17) is 28.6 Å². The van der Waals surface area contributed by atoms with Crippen LogP contribution < -0.4 is 15.4 Å². The van der Waals surface area contributed by atoms with Crippen LogP contribution in [0.1, 0.15) is 43.0 Å². The fraction of sp³-hybridized carbons (Fsp3) is 0.467. The first-order valence-electron chi connectivity index (χ1n) is 7.14. The van der Waals surface area contributed by atoms with Crippen molar-refractivity contribution in [2.45, 2.75) is 38.6 Å². The molecule has 1 aromatic rings. The van der Waals surface area contributed by atoms with Crippen molar-refractivity contribution < 1.29 is 9.53 Å². The number of carbonyl (C=O) groups is 1. The Morgan fingerprint density at radius 3 is 2.76 bits per heavy atom. The van der Waals surface area contributed by atoms with Gasteiger partial charge in [-0.3, -0.25) is 10.1 Å². The van der Waals surface area contributed by atoms with Crippen LogP contribution in [0.3, 0.4) is 0 Å². The van der Waals surface area contributed by atoms with Crippen LogP contribution in [0.2, 0.25) is 5.02 Å². The van der Waals surface area contributed by atoms with E-state index in [0.717, 1.165) is 12.8 Å². The minimum Gasteiger partial charge on any atom is -0.492 e. The summed E-state index contributed by atoms with van der Waals surface area (Å²) in [5.41, 5.74) is 0.457. The Labute approximate surface area is 135 Å². The van der Waals surface area contributed by atoms with E-state index in [2.05, 4.69) is 10.6 Å². The summed E-state index contributed by atoms with van der Waals surface area (Å²) >= 11 is 11.2. The first kappa shape index (κ1) is 16.0. The lowest BCUT2D eigenvalue weighted by Crippen LogP contribution is -2.43. The van der Waals surface area contributed by atoms with Crippen molar-refractivity contribution in [2.24, 2.45) is 0 Å². The minimum atomic E-state index is -0.268. The molecule has 1 amide bonds. The van der Waals surface area contributed by atoms with Crippen molar-refractivity contribution in [2.75, 3.05) is 6.61 Å². The van der Waals surface area contributed by atoms with Crippen LogP contribution in [0.4, 0.5) is 0 Å². The van der Waals surface area contributed by atoms with Crippen LogP contribution in [0.25, 0.3) is 0 Å². The maximum Gasteiger partial charge on any atom is 0.257 e. The summed E-state index contributed by atoms with van der Waals surface area (Å²) in [6.07, 6.45) is 4.63. The van der Waals surface area contributed by atoms with Gasteiger partial charge in [0.05, 0.1) is 11.6 Å². The lowest BCUT2D eigenvalue weighted by molar-refractivity contribution is 0.0976. The summed E-state index contributed by atoms with van der Waals surface area (Å²) < 4.78 is 5.34. The zero-order valence-electron chi connectivity index (χ0n) is 11.9. The molecule has 0 bridgehead atoms. The summed E-state index contributed by atoms with van der Waals surface area (Å²) in [4.78, 5) is 12.1. The third-order valence-electron chi connectivity index (χ3n) is 3.41. The Kier molecular flexibility index (Phi) is 5.82. The van der Waals surface area contributed by atoms with Crippen molar-refractivity contribution in [3.8, 4) is 5.75 Å². The molecule has 1 aliphatic carbocycles. The highest BCUT2D eigenvalue weighted by Crippen LogP contribution is 2.25. The zero-order valence-corrected chi connectivity index (χ0v) is 13.5. The van der Waals surface area contributed by atoms with E-state index in [0.29, 0.717) is 34.1 Å². The van der Waals surface area contributed by atoms with Crippen LogP contribution in [0, 0.1) is 0 Å². The molecule has 6 heteroatoms. The molecule has 0 aromatic heterocycles. The number of amides is 1. The number of halogens is 1. The third kappa shape index (κ3) is 4.58. The Morgan fingerprint density at radius 1 is 1.43 bits per heavy atom. The topological polar surface area (TPSA) is 50.4 Å². The molecule has 1 fully saturated rings. The average molecular weight is 327 g/mol. The fourth-order valence-electron chi connectivity index (χ4n) is 2.38. The molecule has 0 heterocycles. The van der Waals surface area contributed by atoms with Crippen LogP contribution >= 0.6 is 23.8 Å². The Morgan fingerprint density at radius 2 is 2.14 bits per heavy atom. The average Bonchev–Trinajstić information content (AvgIpc) is 2.93. The molecule has 0 aliphatic heterocycles. The second-order valence-electron chi connectivity index (χ2n) is 4.99. The van der Waals surface area contributed by atoms with Crippen molar-refractivity contribution in [3.63, 3.8) is 0 Å². The Hall–Kier alpha value is -1.33. The van der Waals surface area contributed by atoms with Crippen molar-refractivity contribution in [3.05, 3.63) is 28.8 Å². The van der Waals surface area contributed by atoms with Crippen LogP contribution in [-0.2, 0) is 0 Å². The molecule has 4 nitrogen and oxygen atoms in total. The van der Waals surface area contributed by atoms with Crippen LogP contribution in [0.5, 0.6) is 5.75 Å². The van der Waals surface area contributed by atoms with Gasteiger partial charge in [0.15, 0.2) is 5.11 Å². The molecule has 1 saturated carbocycles. The van der Waals surface area contributed by atoms with E-state index < -0.39 is 0 Å². The molecule has 114 valence electrons. The van der Waals surface area contributed by atoms with Crippen LogP contribution in [-0.4, -0.2) is 23.7 Å². The van der Waals surface area contributed by atoms with Crippen LogP contribution in [0.15, 0.2) is 18.2 Å². The number of nitrogens with one attached hydrogen (secondary N) is 2. The molecule has 2 N–H and O–H groups in total. The molecule has 1 aliphatic rings. The number of carbonyl (C=O) groups excluding carboxylic acids is 1. The highest BCUT2D eigenvalue weighted by Gasteiger charge is 2.17. The van der Waals surface area contributed by atoms with Gasteiger partial charge >= 0.3 is 0 Å². The molecule has 0 atom stereocenters. The minimum absolute atomic E-state index is 0.268. The van der Waals surface area contributed by atoms with E-state index in [1.54, 1.807) is 18.2 Å². The Bertz CT molecular complexity index is 530. The van der Waals surface area contributed by atoms with Gasteiger partial charge in [-0.15, -0.1) is 0 Å². The van der Waals surface area contributed by atoms with Gasteiger partial charge in [-0.1, -0.05) is 24.4 Å². The molecular weight excluding hydrogens is 308 g/mol. The smallest absolute Gasteiger partial charge is 0.257 e. The SMILES string of the molecule is CCOc1ccc(C(=O)NC(=S)NC2CCCC2)cc1Cl. The Balaban J connectivity index is 1.93. The number of benzene rings is 1. The van der Waals surface area contributed by atoms with Crippen molar-refractivity contribution >= 4 is 34.8 Å². The molecule has 1 aromatic carbocycles. The van der Waals surface area contributed by atoms with E-state index in [-0.39, 0.29) is 5.91 Å². The second kappa shape index (κ2) is 7.61. The predicted molar refractivity (Wildman–Crippen MR) is 88.1 cm³/mol. The molecule has 2 rings (SSSR count). The number of hydrogen-bond donors (Lipinski definition) is 2. The first-order valence-corrected chi connectivity index (χ1v) is 7.93. The molecule has 0 radical (unpaired) electrons. The van der Waals surface area contributed by atoms with Gasteiger partial charge in [0.25, 0.3) is 5.91 Å². The lowest BCUT2D eigenvalue weighted by Gasteiger charge is -2.15. The standard InChI is InChI=1S/C15H19ClN2O2S/c1-2-20-13-8-7-10(9-12(13)16)14(19)18-15(21)17-11-5-3-4-6-11/h7-9,11H,2-6H2,1H3,(H2,17,18,19,21). The van der Waals surface area contributed by atoms with Gasteiger partial charge in [-0.2, -0.15) is 0 Å². The molecule has 0 spiro atoms. The molecule has 0 saturated heterocycles. The van der Waals surface area contributed by atoms with Gasteiger partial charge in [0.1, 0.15) is 5.75 Å². The van der Waals surface area contributed by atoms with E-state index in [1.165, 1.54) is 12.8 Å². The first-order chi connectivity index (χ1) is 10.1. The van der Waals surface area contributed by atoms with E-state index in [9.17, 15) is 4.79 Å². The number of rotatable bonds is 4. The van der Waals surface area contributed by atoms with Gasteiger partial charge in [0, 0.05) is 11.6 Å². The number of hydrogen-bond acceptors (Lipinski definition) is 3. The molecular formula is C15H19ClN2O2S. The summed E-state index contributed by atoms with van der Waals surface area (Å²) in [5, 5.41) is 6.64. The monoisotopic (exact) mass is 326 g/mol. The summed E-state index contributed by atoms with van der Waals surface area (Å²) in [6, 6.07) is 5.32. The maximum absolute atomic E-state index is 12.1. The number of ether oxygens (including phenoxy) is 1. The van der Waals surface area contributed by atoms with Gasteiger partial charge in [-0.05, 0) is 50.2 Å². The zero-order chi connectivity index (χ0) is 15.2. The van der Waals surface area contributed by atoms with Gasteiger partial charge in [-0.25, -0.2) is 0 Å². The molecule has 0 unspecified atom stereocenters. The predicted octanol–water partition coefficient (Wildman–Crippen LogP) is 3.29. The second-order valence-corrected chi connectivity index (χ2v) is 5.80. The highest BCUT2D eigenvalue weighted by molar-refractivity contribution is 7.80. The maximum atomic E-state index is 12.1. The van der Waals surface area contributed by atoms with Crippen molar-refractivity contribution in [1.29, 1.82) is 0 Å². The third-order valence-corrected chi connectivity index (χ3v) is 3.93. The summed E-state index contributed by atoms with van der Waals surface area (Å²) in [7, 11) is 0. The number of thiocarbonyl (C=S) groups is 1. The highest BCUT2D eigenvalue weighted by atomic mass is 35.5. The summed E-state index contributed by atoms with van der Waals surface area (Å²) in [5.74, 6) is 0.304. The van der Waals surface area contributed by atoms with Gasteiger partial charge < -0.3 is 10.1 Å².